The van der Waals surface area contributed by atoms with E-state index in [1.54, 1.807) is 0 Å². The Morgan fingerprint density at radius 3 is 3.00 bits per heavy atom. The van der Waals surface area contributed by atoms with Crippen molar-refractivity contribution < 1.29 is 14.7 Å². The summed E-state index contributed by atoms with van der Waals surface area (Å²) in [6.07, 6.45) is -0.507. The fraction of sp³-hybridized carbons (Fsp3) is 0.200. The van der Waals surface area contributed by atoms with E-state index in [9.17, 15) is 4.79 Å². The van der Waals surface area contributed by atoms with Crippen molar-refractivity contribution in [1.29, 1.82) is 0 Å². The Balaban J connectivity index is 2.17. The number of carboxylic acid groups (broad SMARTS) is 1. The summed E-state index contributed by atoms with van der Waals surface area (Å²) in [5.41, 5.74) is 1.62. The molecule has 0 saturated heterocycles. The second-order valence-electron chi connectivity index (χ2n) is 3.18. The molecule has 1 aromatic rings. The van der Waals surface area contributed by atoms with Gasteiger partial charge in [-0.3, -0.25) is 0 Å². The summed E-state index contributed by atoms with van der Waals surface area (Å²) >= 11 is 2.20. The van der Waals surface area contributed by atoms with Gasteiger partial charge in [-0.2, -0.15) is 0 Å². The number of hydrogen-bond acceptors (Lipinski definition) is 3. The minimum absolute atomic E-state index is 0.329. The molecule has 1 aromatic carbocycles. The van der Waals surface area contributed by atoms with Crippen molar-refractivity contribution in [2.45, 2.75) is 12.5 Å². The number of nitrogens with zero attached hydrogens (tertiary/aromatic N) is 1. The molecule has 0 amide bonds. The zero-order chi connectivity index (χ0) is 10.8. The molecule has 1 unspecified atom stereocenters. The molecular weight excluding hydrogens is 309 g/mol. The number of halogens is 1. The third-order valence-corrected chi connectivity index (χ3v) is 2.77. The Morgan fingerprint density at radius 2 is 2.40 bits per heavy atom. The fourth-order valence-corrected chi connectivity index (χ4v) is 1.89. The Bertz CT molecular complexity index is 430. The topological polar surface area (TPSA) is 58.9 Å². The molecule has 1 heterocycles. The van der Waals surface area contributed by atoms with Crippen LogP contribution >= 0.6 is 22.6 Å². The van der Waals surface area contributed by atoms with E-state index in [4.69, 9.17) is 9.94 Å². The number of rotatable bonds is 2. The molecule has 1 N–H and O–H groups in total. The van der Waals surface area contributed by atoms with Crippen LogP contribution in [-0.4, -0.2) is 22.9 Å². The molecule has 2 rings (SSSR count). The lowest BCUT2D eigenvalue weighted by molar-refractivity contribution is -0.148. The molecular formula is C10H8INO3. The lowest BCUT2D eigenvalue weighted by Crippen LogP contribution is -2.19. The van der Waals surface area contributed by atoms with Crippen molar-refractivity contribution in [3.05, 3.63) is 33.4 Å². The summed E-state index contributed by atoms with van der Waals surface area (Å²) in [4.78, 5) is 15.5. The Labute approximate surface area is 100 Å². The SMILES string of the molecule is O=C(O)C1CC(c2cccc(I)c2)=NO1. The van der Waals surface area contributed by atoms with Crippen LogP contribution in [-0.2, 0) is 9.63 Å². The van der Waals surface area contributed by atoms with Gasteiger partial charge >= 0.3 is 5.97 Å². The molecule has 78 valence electrons. The van der Waals surface area contributed by atoms with Crippen molar-refractivity contribution >= 4 is 34.3 Å². The maximum Gasteiger partial charge on any atom is 0.348 e. The summed E-state index contributed by atoms with van der Waals surface area (Å²) in [6, 6.07) is 7.73. The highest BCUT2D eigenvalue weighted by molar-refractivity contribution is 14.1. The first-order valence-electron chi connectivity index (χ1n) is 4.38. The van der Waals surface area contributed by atoms with Gasteiger partial charge in [-0.15, -0.1) is 0 Å². The van der Waals surface area contributed by atoms with Crippen LogP contribution in [0.2, 0.25) is 0 Å². The molecule has 0 aliphatic carbocycles. The molecule has 5 heteroatoms. The van der Waals surface area contributed by atoms with E-state index in [0.29, 0.717) is 12.1 Å². The number of carbonyl (C=O) groups is 1. The van der Waals surface area contributed by atoms with E-state index in [1.807, 2.05) is 24.3 Å². The molecule has 1 aliphatic rings. The smallest absolute Gasteiger partial charge is 0.348 e. The van der Waals surface area contributed by atoms with Crippen LogP contribution < -0.4 is 0 Å². The van der Waals surface area contributed by atoms with Crippen LogP contribution in [0.3, 0.4) is 0 Å². The van der Waals surface area contributed by atoms with Gasteiger partial charge in [-0.25, -0.2) is 4.79 Å². The molecule has 1 aliphatic heterocycles. The monoisotopic (exact) mass is 317 g/mol. The van der Waals surface area contributed by atoms with Crippen molar-refractivity contribution in [1.82, 2.24) is 0 Å². The highest BCUT2D eigenvalue weighted by Gasteiger charge is 2.28. The van der Waals surface area contributed by atoms with Crippen molar-refractivity contribution in [3.63, 3.8) is 0 Å². The Hall–Kier alpha value is -1.11. The zero-order valence-corrected chi connectivity index (χ0v) is 9.84. The number of benzene rings is 1. The van der Waals surface area contributed by atoms with E-state index in [1.165, 1.54) is 0 Å². The molecule has 0 bridgehead atoms. The minimum atomic E-state index is -0.973. The number of aliphatic carboxylic acids is 1. The molecule has 15 heavy (non-hydrogen) atoms. The van der Waals surface area contributed by atoms with Gasteiger partial charge < -0.3 is 9.94 Å². The van der Waals surface area contributed by atoms with Gasteiger partial charge in [0.25, 0.3) is 0 Å². The van der Waals surface area contributed by atoms with Crippen molar-refractivity contribution in [3.8, 4) is 0 Å². The maximum atomic E-state index is 10.6. The van der Waals surface area contributed by atoms with Gasteiger partial charge in [-0.05, 0) is 34.7 Å². The Kier molecular flexibility index (Phi) is 2.90. The first kappa shape index (κ1) is 10.4. The van der Waals surface area contributed by atoms with Crippen LogP contribution in [0.4, 0.5) is 0 Å². The number of carboxylic acids is 1. The van der Waals surface area contributed by atoms with E-state index in [0.717, 1.165) is 9.13 Å². The van der Waals surface area contributed by atoms with Crippen LogP contribution in [0.25, 0.3) is 0 Å². The standard InChI is InChI=1S/C10H8INO3/c11-7-3-1-2-6(4-7)8-5-9(10(13)14)15-12-8/h1-4,9H,5H2,(H,13,14). The molecule has 0 fully saturated rings. The van der Waals surface area contributed by atoms with Gasteiger partial charge in [0.2, 0.25) is 6.10 Å². The second-order valence-corrected chi connectivity index (χ2v) is 4.43. The number of oxime groups is 1. The third-order valence-electron chi connectivity index (χ3n) is 2.10. The quantitative estimate of drug-likeness (QED) is 0.847. The van der Waals surface area contributed by atoms with E-state index >= 15 is 0 Å². The zero-order valence-electron chi connectivity index (χ0n) is 7.68. The van der Waals surface area contributed by atoms with Crippen LogP contribution in [0.5, 0.6) is 0 Å². The highest BCUT2D eigenvalue weighted by Crippen LogP contribution is 2.18. The van der Waals surface area contributed by atoms with Crippen molar-refractivity contribution in [2.24, 2.45) is 5.16 Å². The van der Waals surface area contributed by atoms with Gasteiger partial charge in [0.15, 0.2) is 0 Å². The lowest BCUT2D eigenvalue weighted by Gasteiger charge is -2.00. The molecule has 1 atom stereocenters. The average Bonchev–Trinajstić information content (AvgIpc) is 2.66. The van der Waals surface area contributed by atoms with Crippen LogP contribution in [0.1, 0.15) is 12.0 Å². The predicted octanol–water partition coefficient (Wildman–Crippen LogP) is 1.87. The first-order valence-corrected chi connectivity index (χ1v) is 5.46. The van der Waals surface area contributed by atoms with Crippen LogP contribution in [0, 0.1) is 3.57 Å². The second kappa shape index (κ2) is 4.18. The van der Waals surface area contributed by atoms with Gasteiger partial charge in [0.1, 0.15) is 0 Å². The first-order chi connectivity index (χ1) is 7.16. The molecule has 4 nitrogen and oxygen atoms in total. The van der Waals surface area contributed by atoms with Crippen LogP contribution in [0.15, 0.2) is 29.4 Å². The predicted molar refractivity (Wildman–Crippen MR) is 62.8 cm³/mol. The lowest BCUT2D eigenvalue weighted by atomic mass is 10.1. The normalized spacial score (nSPS) is 19.5. The molecule has 0 saturated carbocycles. The molecule has 0 aromatic heterocycles. The van der Waals surface area contributed by atoms with Gasteiger partial charge in [-0.1, -0.05) is 17.3 Å². The summed E-state index contributed by atoms with van der Waals surface area (Å²) < 4.78 is 1.09. The number of hydrogen-bond donors (Lipinski definition) is 1. The summed E-state index contributed by atoms with van der Waals surface area (Å²) in [5, 5.41) is 12.5. The fourth-order valence-electron chi connectivity index (χ4n) is 1.35. The van der Waals surface area contributed by atoms with Gasteiger partial charge in [0, 0.05) is 15.6 Å². The summed E-state index contributed by atoms with van der Waals surface area (Å²) in [6.45, 7) is 0. The molecule has 0 spiro atoms. The van der Waals surface area contributed by atoms with E-state index in [-0.39, 0.29) is 0 Å². The van der Waals surface area contributed by atoms with E-state index in [2.05, 4.69) is 27.7 Å². The third kappa shape index (κ3) is 2.28. The highest BCUT2D eigenvalue weighted by atomic mass is 127. The minimum Gasteiger partial charge on any atom is -0.478 e. The summed E-state index contributed by atoms with van der Waals surface area (Å²) in [7, 11) is 0. The van der Waals surface area contributed by atoms with E-state index < -0.39 is 12.1 Å². The Morgan fingerprint density at radius 1 is 1.60 bits per heavy atom. The maximum absolute atomic E-state index is 10.6. The largest absolute Gasteiger partial charge is 0.478 e. The van der Waals surface area contributed by atoms with Gasteiger partial charge in [0.05, 0.1) is 5.71 Å². The molecule has 0 radical (unpaired) electrons. The van der Waals surface area contributed by atoms with Crippen molar-refractivity contribution in [2.75, 3.05) is 0 Å². The summed E-state index contributed by atoms with van der Waals surface area (Å²) in [5.74, 6) is -0.973. The average molecular weight is 317 g/mol.